The molecule has 0 aliphatic rings. The number of halogens is 3. The standard InChI is InChI=1S/C15H18F3NO3/c1-14(2,3)22-13(21)19-8-4-5-10-6-7-12(20)11(9-10)15(16,17)18/h4-7,9,20H,8H2,1-3H3,(H,19,21). The number of alkyl carbamates (subject to hydrolysis) is 1. The first kappa shape index (κ1) is 17.9. The van der Waals surface area contributed by atoms with Gasteiger partial charge in [-0.3, -0.25) is 0 Å². The first-order valence-corrected chi connectivity index (χ1v) is 6.52. The SMILES string of the molecule is CC(C)(C)OC(=O)NCC=Cc1ccc(O)c(C(F)(F)F)c1. The second-order valence-corrected chi connectivity index (χ2v) is 5.56. The molecule has 0 radical (unpaired) electrons. The van der Waals surface area contributed by atoms with E-state index >= 15 is 0 Å². The van der Waals surface area contributed by atoms with Gasteiger partial charge in [0, 0.05) is 6.54 Å². The fourth-order valence-electron chi connectivity index (χ4n) is 1.54. The highest BCUT2D eigenvalue weighted by atomic mass is 19.4. The maximum Gasteiger partial charge on any atom is 0.419 e. The minimum atomic E-state index is -4.62. The number of aromatic hydroxyl groups is 1. The quantitative estimate of drug-likeness (QED) is 0.887. The molecule has 0 fully saturated rings. The Labute approximate surface area is 126 Å². The van der Waals surface area contributed by atoms with Gasteiger partial charge in [0.05, 0.1) is 5.56 Å². The van der Waals surface area contributed by atoms with Gasteiger partial charge in [-0.05, 0) is 38.5 Å². The van der Waals surface area contributed by atoms with Gasteiger partial charge < -0.3 is 15.2 Å². The molecule has 0 aromatic heterocycles. The molecule has 1 aromatic carbocycles. The first-order valence-electron chi connectivity index (χ1n) is 6.52. The predicted molar refractivity (Wildman–Crippen MR) is 76.4 cm³/mol. The van der Waals surface area contributed by atoms with Crippen LogP contribution >= 0.6 is 0 Å². The molecule has 0 aliphatic heterocycles. The number of hydrogen-bond acceptors (Lipinski definition) is 3. The number of carbonyl (C=O) groups is 1. The Bertz CT molecular complexity index is 560. The van der Waals surface area contributed by atoms with E-state index in [0.29, 0.717) is 0 Å². The van der Waals surface area contributed by atoms with Crippen LogP contribution in [0.15, 0.2) is 24.3 Å². The van der Waals surface area contributed by atoms with Crippen LogP contribution in [0.1, 0.15) is 31.9 Å². The summed E-state index contributed by atoms with van der Waals surface area (Å²) in [6.45, 7) is 5.27. The zero-order chi connectivity index (χ0) is 17.0. The lowest BCUT2D eigenvalue weighted by Gasteiger charge is -2.19. The lowest BCUT2D eigenvalue weighted by atomic mass is 10.1. The van der Waals surface area contributed by atoms with Gasteiger partial charge in [0.1, 0.15) is 11.4 Å². The Kier molecular flexibility index (Phi) is 5.46. The molecular formula is C15H18F3NO3. The second kappa shape index (κ2) is 6.72. The fourth-order valence-corrected chi connectivity index (χ4v) is 1.54. The molecule has 0 aliphatic carbocycles. The van der Waals surface area contributed by atoms with E-state index in [1.165, 1.54) is 18.2 Å². The largest absolute Gasteiger partial charge is 0.507 e. The van der Waals surface area contributed by atoms with Crippen molar-refractivity contribution >= 4 is 12.2 Å². The van der Waals surface area contributed by atoms with Crippen molar-refractivity contribution in [1.82, 2.24) is 5.32 Å². The molecule has 0 saturated heterocycles. The number of ether oxygens (including phenoxy) is 1. The normalized spacial score (nSPS) is 12.5. The maximum absolute atomic E-state index is 12.6. The molecule has 0 heterocycles. The Balaban J connectivity index is 2.63. The summed E-state index contributed by atoms with van der Waals surface area (Å²) in [6.07, 6.45) is -2.34. The van der Waals surface area contributed by atoms with Crippen LogP contribution in [0, 0.1) is 0 Å². The van der Waals surface area contributed by atoms with Crippen molar-refractivity contribution in [3.63, 3.8) is 0 Å². The zero-order valence-electron chi connectivity index (χ0n) is 12.5. The molecular weight excluding hydrogens is 299 g/mol. The summed E-state index contributed by atoms with van der Waals surface area (Å²) in [6, 6.07) is 3.15. The molecule has 0 unspecified atom stereocenters. The average Bonchev–Trinajstić information content (AvgIpc) is 2.33. The van der Waals surface area contributed by atoms with Gasteiger partial charge in [-0.25, -0.2) is 4.79 Å². The highest BCUT2D eigenvalue weighted by Crippen LogP contribution is 2.36. The molecule has 122 valence electrons. The lowest BCUT2D eigenvalue weighted by molar-refractivity contribution is -0.138. The summed E-state index contributed by atoms with van der Waals surface area (Å²) in [5, 5.41) is 11.7. The van der Waals surface area contributed by atoms with Crippen molar-refractivity contribution in [3.05, 3.63) is 35.4 Å². The molecule has 4 nitrogen and oxygen atoms in total. The maximum atomic E-state index is 12.6. The molecule has 0 bridgehead atoms. The summed E-state index contributed by atoms with van der Waals surface area (Å²) in [5.41, 5.74) is -1.46. The van der Waals surface area contributed by atoms with Gasteiger partial charge in [0.15, 0.2) is 0 Å². The number of phenolic OH excluding ortho intramolecular Hbond substituents is 1. The van der Waals surface area contributed by atoms with Gasteiger partial charge in [0.25, 0.3) is 0 Å². The van der Waals surface area contributed by atoms with Gasteiger partial charge in [-0.15, -0.1) is 0 Å². The van der Waals surface area contributed by atoms with Crippen molar-refractivity contribution in [2.24, 2.45) is 0 Å². The minimum absolute atomic E-state index is 0.108. The molecule has 1 amide bonds. The Morgan fingerprint density at radius 1 is 1.32 bits per heavy atom. The van der Waals surface area contributed by atoms with Crippen LogP contribution < -0.4 is 5.32 Å². The summed E-state index contributed by atoms with van der Waals surface area (Å²) in [7, 11) is 0. The molecule has 22 heavy (non-hydrogen) atoms. The Morgan fingerprint density at radius 2 is 1.95 bits per heavy atom. The molecule has 0 spiro atoms. The summed E-state index contributed by atoms with van der Waals surface area (Å²) in [5.74, 6) is -0.823. The van der Waals surface area contributed by atoms with Crippen LogP contribution in [0.3, 0.4) is 0 Å². The van der Waals surface area contributed by atoms with E-state index in [1.807, 2.05) is 0 Å². The van der Waals surface area contributed by atoms with Crippen LogP contribution in [0.25, 0.3) is 6.08 Å². The summed E-state index contributed by atoms with van der Waals surface area (Å²) >= 11 is 0. The number of benzene rings is 1. The van der Waals surface area contributed by atoms with Crippen molar-refractivity contribution in [1.29, 1.82) is 0 Å². The minimum Gasteiger partial charge on any atom is -0.507 e. The van der Waals surface area contributed by atoms with Gasteiger partial charge in [-0.1, -0.05) is 18.2 Å². The summed E-state index contributed by atoms with van der Waals surface area (Å²) < 4.78 is 42.9. The average molecular weight is 317 g/mol. The fraction of sp³-hybridized carbons (Fsp3) is 0.400. The van der Waals surface area contributed by atoms with Gasteiger partial charge in [0.2, 0.25) is 0 Å². The smallest absolute Gasteiger partial charge is 0.419 e. The molecule has 1 rings (SSSR count). The van der Waals surface area contributed by atoms with Crippen molar-refractivity contribution in [3.8, 4) is 5.75 Å². The van der Waals surface area contributed by atoms with Crippen LogP contribution in [0.5, 0.6) is 5.75 Å². The van der Waals surface area contributed by atoms with Crippen molar-refractivity contribution < 1.29 is 27.8 Å². The van der Waals surface area contributed by atoms with E-state index < -0.39 is 29.2 Å². The third-order valence-electron chi connectivity index (χ3n) is 2.40. The molecule has 0 saturated carbocycles. The second-order valence-electron chi connectivity index (χ2n) is 5.56. The van der Waals surface area contributed by atoms with Crippen LogP contribution in [-0.2, 0) is 10.9 Å². The Morgan fingerprint density at radius 3 is 2.50 bits per heavy atom. The van der Waals surface area contributed by atoms with Crippen molar-refractivity contribution in [2.75, 3.05) is 6.54 Å². The summed E-state index contributed by atoms with van der Waals surface area (Å²) in [4.78, 5) is 11.4. The van der Waals surface area contributed by atoms with Crippen molar-refractivity contribution in [2.45, 2.75) is 32.5 Å². The van der Waals surface area contributed by atoms with Crippen LogP contribution in [-0.4, -0.2) is 23.3 Å². The molecule has 7 heteroatoms. The molecule has 2 N–H and O–H groups in total. The molecule has 0 atom stereocenters. The highest BCUT2D eigenvalue weighted by Gasteiger charge is 2.33. The highest BCUT2D eigenvalue weighted by molar-refractivity contribution is 5.68. The van der Waals surface area contributed by atoms with E-state index in [4.69, 9.17) is 4.74 Å². The number of amides is 1. The van der Waals surface area contributed by atoms with Crippen LogP contribution in [0.2, 0.25) is 0 Å². The van der Waals surface area contributed by atoms with E-state index in [2.05, 4.69) is 5.32 Å². The number of rotatable bonds is 3. The molecule has 1 aromatic rings. The zero-order valence-corrected chi connectivity index (χ0v) is 12.5. The third-order valence-corrected chi connectivity index (χ3v) is 2.40. The predicted octanol–water partition coefficient (Wildman–Crippen LogP) is 3.95. The number of carbonyl (C=O) groups excluding carboxylic acids is 1. The van der Waals surface area contributed by atoms with Gasteiger partial charge >= 0.3 is 12.3 Å². The topological polar surface area (TPSA) is 58.6 Å². The van der Waals surface area contributed by atoms with Gasteiger partial charge in [-0.2, -0.15) is 13.2 Å². The van der Waals surface area contributed by atoms with E-state index in [9.17, 15) is 23.1 Å². The third kappa shape index (κ3) is 6.07. The van der Waals surface area contributed by atoms with E-state index in [-0.39, 0.29) is 12.1 Å². The lowest BCUT2D eigenvalue weighted by Crippen LogP contribution is -2.32. The number of nitrogens with one attached hydrogen (secondary N) is 1. The number of phenols is 1. The van der Waals surface area contributed by atoms with Crippen LogP contribution in [0.4, 0.5) is 18.0 Å². The van der Waals surface area contributed by atoms with E-state index in [0.717, 1.165) is 12.1 Å². The monoisotopic (exact) mass is 317 g/mol. The van der Waals surface area contributed by atoms with E-state index in [1.54, 1.807) is 20.8 Å². The number of hydrogen-bond donors (Lipinski definition) is 2. The number of alkyl halides is 3. The Hall–Kier alpha value is -2.18. The first-order chi connectivity index (χ1) is 9.99.